The second-order valence-corrected chi connectivity index (χ2v) is 6.24. The van der Waals surface area contributed by atoms with E-state index in [2.05, 4.69) is 19.9 Å². The van der Waals surface area contributed by atoms with Gasteiger partial charge in [0.15, 0.2) is 0 Å². The molecular formula is C15H21N5OS. The molecule has 0 unspecified atom stereocenters. The third kappa shape index (κ3) is 5.16. The van der Waals surface area contributed by atoms with Gasteiger partial charge in [-0.15, -0.1) is 11.8 Å². The maximum absolute atomic E-state index is 11.8. The number of aromatic nitrogens is 3. The van der Waals surface area contributed by atoms with E-state index in [9.17, 15) is 4.79 Å². The number of likely N-dealkylation sites (N-methyl/N-ethyl adjacent to an activating group) is 2. The molecule has 0 amide bonds. The van der Waals surface area contributed by atoms with E-state index in [0.29, 0.717) is 11.7 Å². The molecule has 2 aromatic rings. The summed E-state index contributed by atoms with van der Waals surface area (Å²) in [7, 11) is 5.96. The molecule has 118 valence electrons. The fraction of sp³-hybridized carbons (Fsp3) is 0.400. The van der Waals surface area contributed by atoms with Crippen LogP contribution in [-0.2, 0) is 5.75 Å². The van der Waals surface area contributed by atoms with E-state index in [0.717, 1.165) is 23.8 Å². The topological polar surface area (TPSA) is 65.1 Å². The SMILES string of the molecule is CN(C)CCN(C)c1nc(CSc2ccccn2)cc(=O)[nH]1. The summed E-state index contributed by atoms with van der Waals surface area (Å²) in [5.74, 6) is 1.22. The highest BCUT2D eigenvalue weighted by Gasteiger charge is 2.07. The fourth-order valence-electron chi connectivity index (χ4n) is 1.78. The molecule has 0 saturated carbocycles. The number of nitrogens with zero attached hydrogens (tertiary/aromatic N) is 4. The van der Waals surface area contributed by atoms with Crippen LogP contribution in [0.1, 0.15) is 5.69 Å². The first-order valence-corrected chi connectivity index (χ1v) is 8.03. The van der Waals surface area contributed by atoms with E-state index in [1.807, 2.05) is 44.2 Å². The Bertz CT molecular complexity index is 644. The van der Waals surface area contributed by atoms with Crippen LogP contribution < -0.4 is 10.5 Å². The minimum absolute atomic E-state index is 0.127. The molecule has 0 aliphatic heterocycles. The molecule has 0 bridgehead atoms. The zero-order valence-electron chi connectivity index (χ0n) is 13.1. The number of pyridine rings is 1. The Balaban J connectivity index is 2.04. The minimum atomic E-state index is -0.127. The number of hydrogen-bond acceptors (Lipinski definition) is 6. The van der Waals surface area contributed by atoms with E-state index in [1.165, 1.54) is 0 Å². The zero-order chi connectivity index (χ0) is 15.9. The highest BCUT2D eigenvalue weighted by molar-refractivity contribution is 7.98. The summed E-state index contributed by atoms with van der Waals surface area (Å²) in [5.41, 5.74) is 0.629. The Hall–Kier alpha value is -1.86. The quantitative estimate of drug-likeness (QED) is 0.780. The Kier molecular flexibility index (Phi) is 5.97. The Morgan fingerprint density at radius 2 is 2.05 bits per heavy atom. The van der Waals surface area contributed by atoms with Gasteiger partial charge in [-0.05, 0) is 26.2 Å². The van der Waals surface area contributed by atoms with E-state index in [-0.39, 0.29) is 5.56 Å². The van der Waals surface area contributed by atoms with Gasteiger partial charge in [-0.25, -0.2) is 9.97 Å². The highest BCUT2D eigenvalue weighted by Crippen LogP contribution is 2.19. The normalized spacial score (nSPS) is 10.9. The van der Waals surface area contributed by atoms with Crippen molar-refractivity contribution < 1.29 is 0 Å². The fourth-order valence-corrected chi connectivity index (χ4v) is 2.54. The molecule has 2 aromatic heterocycles. The van der Waals surface area contributed by atoms with Crippen molar-refractivity contribution in [1.29, 1.82) is 0 Å². The first-order valence-electron chi connectivity index (χ1n) is 7.04. The predicted octanol–water partition coefficient (Wildman–Crippen LogP) is 1.45. The lowest BCUT2D eigenvalue weighted by molar-refractivity contribution is 0.415. The summed E-state index contributed by atoms with van der Waals surface area (Å²) in [6.45, 7) is 1.69. The van der Waals surface area contributed by atoms with Gasteiger partial charge in [0.05, 0.1) is 10.7 Å². The molecule has 1 N–H and O–H groups in total. The van der Waals surface area contributed by atoms with Crippen LogP contribution in [0.2, 0.25) is 0 Å². The van der Waals surface area contributed by atoms with Crippen LogP contribution in [0.4, 0.5) is 5.95 Å². The molecule has 0 aromatic carbocycles. The molecule has 0 aliphatic rings. The maximum Gasteiger partial charge on any atom is 0.252 e. The zero-order valence-corrected chi connectivity index (χ0v) is 13.9. The van der Waals surface area contributed by atoms with E-state index in [4.69, 9.17) is 0 Å². The van der Waals surface area contributed by atoms with Gasteiger partial charge in [-0.1, -0.05) is 6.07 Å². The lowest BCUT2D eigenvalue weighted by atomic mass is 10.4. The summed E-state index contributed by atoms with van der Waals surface area (Å²) < 4.78 is 0. The first kappa shape index (κ1) is 16.5. The van der Waals surface area contributed by atoms with Crippen molar-refractivity contribution in [1.82, 2.24) is 19.9 Å². The molecule has 0 aliphatic carbocycles. The van der Waals surface area contributed by atoms with Gasteiger partial charge in [0.25, 0.3) is 5.56 Å². The third-order valence-corrected chi connectivity index (χ3v) is 4.01. The number of H-pyrrole nitrogens is 1. The number of aromatic amines is 1. The lowest BCUT2D eigenvalue weighted by Gasteiger charge is -2.20. The van der Waals surface area contributed by atoms with Gasteiger partial charge < -0.3 is 9.80 Å². The standard InChI is InChI=1S/C15H21N5OS/c1-19(2)8-9-20(3)15-17-12(10-13(21)18-15)11-22-14-6-4-5-7-16-14/h4-7,10H,8-9,11H2,1-3H3,(H,17,18,21). The van der Waals surface area contributed by atoms with Crippen LogP contribution in [0.5, 0.6) is 0 Å². The average molecular weight is 319 g/mol. The van der Waals surface area contributed by atoms with Crippen LogP contribution >= 0.6 is 11.8 Å². The van der Waals surface area contributed by atoms with Crippen molar-refractivity contribution in [2.24, 2.45) is 0 Å². The second-order valence-electron chi connectivity index (χ2n) is 5.24. The van der Waals surface area contributed by atoms with Crippen LogP contribution in [0.3, 0.4) is 0 Å². The summed E-state index contributed by atoms with van der Waals surface area (Å²) in [6.07, 6.45) is 1.76. The molecule has 6 nitrogen and oxygen atoms in total. The van der Waals surface area contributed by atoms with E-state index in [1.54, 1.807) is 24.0 Å². The monoisotopic (exact) mass is 319 g/mol. The molecule has 2 heterocycles. The largest absolute Gasteiger partial charge is 0.344 e. The van der Waals surface area contributed by atoms with E-state index < -0.39 is 0 Å². The Labute approximate surface area is 134 Å². The van der Waals surface area contributed by atoms with E-state index >= 15 is 0 Å². The number of hydrogen-bond donors (Lipinski definition) is 1. The van der Waals surface area contributed by atoms with Crippen molar-refractivity contribution in [3.05, 3.63) is 46.5 Å². The summed E-state index contributed by atoms with van der Waals surface area (Å²) >= 11 is 1.57. The Morgan fingerprint density at radius 3 is 2.73 bits per heavy atom. The first-order chi connectivity index (χ1) is 10.5. The van der Waals surface area contributed by atoms with Crippen molar-refractivity contribution in [2.45, 2.75) is 10.8 Å². The molecule has 0 saturated heterocycles. The molecule has 7 heteroatoms. The molecule has 0 fully saturated rings. The van der Waals surface area contributed by atoms with Crippen LogP contribution in [-0.4, -0.2) is 54.1 Å². The number of rotatable bonds is 7. The highest BCUT2D eigenvalue weighted by atomic mass is 32.2. The van der Waals surface area contributed by atoms with Crippen molar-refractivity contribution in [3.8, 4) is 0 Å². The number of anilines is 1. The minimum Gasteiger partial charge on any atom is -0.344 e. The number of thioether (sulfide) groups is 1. The van der Waals surface area contributed by atoms with Gasteiger partial charge in [-0.2, -0.15) is 0 Å². The van der Waals surface area contributed by atoms with Gasteiger partial charge in [0, 0.05) is 38.2 Å². The van der Waals surface area contributed by atoms with Gasteiger partial charge in [0.1, 0.15) is 0 Å². The van der Waals surface area contributed by atoms with Gasteiger partial charge in [-0.3, -0.25) is 9.78 Å². The van der Waals surface area contributed by atoms with Gasteiger partial charge in [0.2, 0.25) is 5.95 Å². The van der Waals surface area contributed by atoms with Gasteiger partial charge >= 0.3 is 0 Å². The van der Waals surface area contributed by atoms with Crippen LogP contribution in [0, 0.1) is 0 Å². The summed E-state index contributed by atoms with van der Waals surface area (Å²) in [4.78, 5) is 27.4. The number of nitrogens with one attached hydrogen (secondary N) is 1. The summed E-state index contributed by atoms with van der Waals surface area (Å²) in [5, 5.41) is 0.923. The lowest BCUT2D eigenvalue weighted by Crippen LogP contribution is -2.31. The molecule has 0 spiro atoms. The molecule has 22 heavy (non-hydrogen) atoms. The summed E-state index contributed by atoms with van der Waals surface area (Å²) in [6, 6.07) is 7.32. The Morgan fingerprint density at radius 1 is 1.23 bits per heavy atom. The second kappa shape index (κ2) is 7.95. The van der Waals surface area contributed by atoms with Crippen LogP contribution in [0.15, 0.2) is 40.3 Å². The third-order valence-electron chi connectivity index (χ3n) is 3.03. The molecular weight excluding hydrogens is 298 g/mol. The smallest absolute Gasteiger partial charge is 0.252 e. The maximum atomic E-state index is 11.8. The predicted molar refractivity (Wildman–Crippen MR) is 90.5 cm³/mol. The average Bonchev–Trinajstić information content (AvgIpc) is 2.51. The van der Waals surface area contributed by atoms with Crippen LogP contribution in [0.25, 0.3) is 0 Å². The molecule has 0 atom stereocenters. The molecule has 2 rings (SSSR count). The van der Waals surface area contributed by atoms with Crippen molar-refractivity contribution >= 4 is 17.7 Å². The van der Waals surface area contributed by atoms with Crippen molar-refractivity contribution in [3.63, 3.8) is 0 Å². The molecule has 0 radical (unpaired) electrons. The van der Waals surface area contributed by atoms with Crippen molar-refractivity contribution in [2.75, 3.05) is 39.1 Å².